The van der Waals surface area contributed by atoms with Crippen molar-refractivity contribution in [1.82, 2.24) is 4.90 Å². The number of hydrogen-bond donors (Lipinski definition) is 1. The van der Waals surface area contributed by atoms with E-state index >= 15 is 0 Å². The first-order valence-electron chi connectivity index (χ1n) is 8.26. The molecule has 0 aromatic heterocycles. The molecule has 2 aliphatic rings. The maximum absolute atomic E-state index is 12.3. The number of hydrogen-bond acceptors (Lipinski definition) is 3. The van der Waals surface area contributed by atoms with Gasteiger partial charge in [-0.15, -0.1) is 0 Å². The van der Waals surface area contributed by atoms with Crippen LogP contribution >= 0.6 is 15.9 Å². The fourth-order valence-corrected chi connectivity index (χ4v) is 3.91. The van der Waals surface area contributed by atoms with Gasteiger partial charge in [-0.25, -0.2) is 4.79 Å². The zero-order chi connectivity index (χ0) is 17.5. The second-order valence-electron chi connectivity index (χ2n) is 7.66. The van der Waals surface area contributed by atoms with E-state index < -0.39 is 5.60 Å². The number of benzene rings is 1. The van der Waals surface area contributed by atoms with Crippen LogP contribution in [-0.4, -0.2) is 35.6 Å². The average molecular weight is 395 g/mol. The monoisotopic (exact) mass is 394 g/mol. The molecular formula is C18H23BrN2O3. The van der Waals surface area contributed by atoms with Crippen LogP contribution < -0.4 is 5.32 Å². The Labute approximate surface area is 150 Å². The van der Waals surface area contributed by atoms with Gasteiger partial charge in [-0.05, 0) is 57.4 Å². The van der Waals surface area contributed by atoms with Gasteiger partial charge in [0, 0.05) is 35.1 Å². The highest BCUT2D eigenvalue weighted by atomic mass is 79.9. The Bertz CT molecular complexity index is 673. The van der Waals surface area contributed by atoms with E-state index in [2.05, 4.69) is 27.3 Å². The molecule has 2 aliphatic heterocycles. The largest absolute Gasteiger partial charge is 0.444 e. The molecule has 0 bridgehead atoms. The molecule has 1 spiro atoms. The normalized spacial score (nSPS) is 19.7. The molecule has 1 fully saturated rings. The van der Waals surface area contributed by atoms with Crippen LogP contribution in [0.5, 0.6) is 0 Å². The van der Waals surface area contributed by atoms with Crippen molar-refractivity contribution in [3.05, 3.63) is 28.2 Å². The van der Waals surface area contributed by atoms with Crippen LogP contribution in [0.15, 0.2) is 22.7 Å². The molecule has 6 heteroatoms. The molecule has 2 amide bonds. The molecule has 1 aromatic carbocycles. The Kier molecular flexibility index (Phi) is 4.36. The number of nitrogens with one attached hydrogen (secondary N) is 1. The van der Waals surface area contributed by atoms with Crippen LogP contribution in [0.4, 0.5) is 10.5 Å². The molecule has 1 saturated heterocycles. The molecule has 1 aromatic rings. The van der Waals surface area contributed by atoms with Gasteiger partial charge in [-0.3, -0.25) is 4.79 Å². The Balaban J connectivity index is 1.79. The number of ether oxygens (including phenoxy) is 1. The Hall–Kier alpha value is -1.56. The van der Waals surface area contributed by atoms with Gasteiger partial charge in [-0.1, -0.05) is 15.9 Å². The second kappa shape index (κ2) is 6.06. The van der Waals surface area contributed by atoms with Crippen molar-refractivity contribution < 1.29 is 14.3 Å². The van der Waals surface area contributed by atoms with Crippen LogP contribution in [0.1, 0.15) is 45.6 Å². The molecule has 2 heterocycles. The summed E-state index contributed by atoms with van der Waals surface area (Å²) in [7, 11) is 0. The number of rotatable bonds is 0. The van der Waals surface area contributed by atoms with Crippen LogP contribution in [0.25, 0.3) is 0 Å². The predicted octanol–water partition coefficient (Wildman–Crippen LogP) is 4.06. The van der Waals surface area contributed by atoms with E-state index in [1.54, 1.807) is 4.90 Å². The number of halogens is 1. The quantitative estimate of drug-likeness (QED) is 0.721. The first kappa shape index (κ1) is 17.3. The zero-order valence-corrected chi connectivity index (χ0v) is 15.9. The van der Waals surface area contributed by atoms with E-state index in [-0.39, 0.29) is 17.4 Å². The summed E-state index contributed by atoms with van der Waals surface area (Å²) < 4.78 is 6.47. The summed E-state index contributed by atoms with van der Waals surface area (Å²) in [5, 5.41) is 2.96. The van der Waals surface area contributed by atoms with E-state index in [4.69, 9.17) is 4.74 Å². The van der Waals surface area contributed by atoms with E-state index in [0.29, 0.717) is 19.5 Å². The summed E-state index contributed by atoms with van der Waals surface area (Å²) >= 11 is 3.53. The Morgan fingerprint density at radius 3 is 2.58 bits per heavy atom. The molecule has 24 heavy (non-hydrogen) atoms. The van der Waals surface area contributed by atoms with Crippen molar-refractivity contribution >= 4 is 33.6 Å². The van der Waals surface area contributed by atoms with Crippen molar-refractivity contribution in [3.8, 4) is 0 Å². The highest BCUT2D eigenvalue weighted by Gasteiger charge is 2.43. The summed E-state index contributed by atoms with van der Waals surface area (Å²) in [6, 6.07) is 5.98. The van der Waals surface area contributed by atoms with Gasteiger partial charge in [0.1, 0.15) is 5.60 Å². The predicted molar refractivity (Wildman–Crippen MR) is 96.1 cm³/mol. The molecule has 0 radical (unpaired) electrons. The molecule has 1 N–H and O–H groups in total. The van der Waals surface area contributed by atoms with Crippen LogP contribution in [0.3, 0.4) is 0 Å². The number of anilines is 1. The third-order valence-electron chi connectivity index (χ3n) is 4.70. The molecule has 0 atom stereocenters. The third kappa shape index (κ3) is 3.43. The lowest BCUT2D eigenvalue weighted by atomic mass is 9.68. The van der Waals surface area contributed by atoms with Crippen molar-refractivity contribution in [3.63, 3.8) is 0 Å². The van der Waals surface area contributed by atoms with E-state index in [1.807, 2.05) is 32.9 Å². The number of fused-ring (bicyclic) bond motifs is 2. The fraction of sp³-hybridized carbons (Fsp3) is 0.556. The van der Waals surface area contributed by atoms with Crippen molar-refractivity contribution in [2.75, 3.05) is 18.4 Å². The zero-order valence-electron chi connectivity index (χ0n) is 14.3. The van der Waals surface area contributed by atoms with E-state index in [9.17, 15) is 9.59 Å². The molecule has 5 nitrogen and oxygen atoms in total. The van der Waals surface area contributed by atoms with Crippen molar-refractivity contribution in [2.45, 2.75) is 51.0 Å². The average Bonchev–Trinajstić information content (AvgIpc) is 2.47. The maximum Gasteiger partial charge on any atom is 0.410 e. The fourth-order valence-electron chi connectivity index (χ4n) is 3.55. The van der Waals surface area contributed by atoms with Crippen molar-refractivity contribution in [2.24, 2.45) is 0 Å². The highest BCUT2D eigenvalue weighted by molar-refractivity contribution is 9.10. The maximum atomic E-state index is 12.3. The standard InChI is InChI=1S/C18H23BrN2O3/c1-17(2,3)24-16(23)21-8-6-18(7-9-21)11-15(22)20-14-5-4-12(19)10-13(14)18/h4-5,10H,6-9,11H2,1-3H3,(H,20,22). The lowest BCUT2D eigenvalue weighted by Crippen LogP contribution is -2.49. The number of likely N-dealkylation sites (tertiary alicyclic amines) is 1. The topological polar surface area (TPSA) is 58.6 Å². The van der Waals surface area contributed by atoms with Gasteiger partial charge < -0.3 is 15.0 Å². The van der Waals surface area contributed by atoms with E-state index in [0.717, 1.165) is 23.0 Å². The van der Waals surface area contributed by atoms with Crippen molar-refractivity contribution in [1.29, 1.82) is 0 Å². The minimum absolute atomic E-state index is 0.0514. The lowest BCUT2D eigenvalue weighted by Gasteiger charge is -2.44. The minimum atomic E-state index is -0.492. The summed E-state index contributed by atoms with van der Waals surface area (Å²) in [5.74, 6) is 0.0514. The number of nitrogens with zero attached hydrogens (tertiary/aromatic N) is 1. The second-order valence-corrected chi connectivity index (χ2v) is 8.58. The van der Waals surface area contributed by atoms with Gasteiger partial charge >= 0.3 is 6.09 Å². The van der Waals surface area contributed by atoms with Gasteiger partial charge in [-0.2, -0.15) is 0 Å². The smallest absolute Gasteiger partial charge is 0.410 e. The minimum Gasteiger partial charge on any atom is -0.444 e. The van der Waals surface area contributed by atoms with Crippen LogP contribution in [0.2, 0.25) is 0 Å². The molecule has 130 valence electrons. The van der Waals surface area contributed by atoms with Gasteiger partial charge in [0.15, 0.2) is 0 Å². The molecule has 0 unspecified atom stereocenters. The molecule has 0 saturated carbocycles. The first-order chi connectivity index (χ1) is 11.2. The lowest BCUT2D eigenvalue weighted by molar-refractivity contribution is -0.118. The first-order valence-corrected chi connectivity index (χ1v) is 9.06. The molecular weight excluding hydrogens is 372 g/mol. The summed E-state index contributed by atoms with van der Waals surface area (Å²) in [4.78, 5) is 26.2. The third-order valence-corrected chi connectivity index (χ3v) is 5.19. The summed E-state index contributed by atoms with van der Waals surface area (Å²) in [6.45, 7) is 6.82. The number of carbonyl (C=O) groups is 2. The highest BCUT2D eigenvalue weighted by Crippen LogP contribution is 2.46. The van der Waals surface area contributed by atoms with Crippen LogP contribution in [-0.2, 0) is 14.9 Å². The summed E-state index contributed by atoms with van der Waals surface area (Å²) in [5.41, 5.74) is 1.37. The number of amides is 2. The number of carbonyl (C=O) groups excluding carboxylic acids is 2. The molecule has 0 aliphatic carbocycles. The Morgan fingerprint density at radius 1 is 1.29 bits per heavy atom. The van der Waals surface area contributed by atoms with Gasteiger partial charge in [0.2, 0.25) is 5.91 Å². The van der Waals surface area contributed by atoms with E-state index in [1.165, 1.54) is 5.56 Å². The van der Waals surface area contributed by atoms with Crippen LogP contribution in [0, 0.1) is 0 Å². The van der Waals surface area contributed by atoms with Gasteiger partial charge in [0.25, 0.3) is 0 Å². The summed E-state index contributed by atoms with van der Waals surface area (Å²) in [6.07, 6.45) is 1.73. The SMILES string of the molecule is CC(C)(C)OC(=O)N1CCC2(CC1)CC(=O)Nc1ccc(Br)cc12. The van der Waals surface area contributed by atoms with Gasteiger partial charge in [0.05, 0.1) is 0 Å². The molecule has 3 rings (SSSR count). The number of piperidine rings is 1. The Morgan fingerprint density at radius 2 is 1.96 bits per heavy atom.